The van der Waals surface area contributed by atoms with Gasteiger partial charge in [-0.15, -0.1) is 0 Å². The van der Waals surface area contributed by atoms with E-state index in [9.17, 15) is 9.59 Å². The molecule has 0 aliphatic carbocycles. The Balaban J connectivity index is 2.22. The van der Waals surface area contributed by atoms with Crippen LogP contribution in [0.15, 0.2) is 24.3 Å². The number of carbonyl (C=O) groups is 2. The molecule has 0 atom stereocenters. The van der Waals surface area contributed by atoms with Gasteiger partial charge in [0, 0.05) is 5.56 Å². The fraction of sp³-hybridized carbons (Fsp3) is 0.250. The predicted molar refractivity (Wildman–Crippen MR) is 60.9 cm³/mol. The number of fused-ring (bicyclic) bond motifs is 1. The zero-order valence-electron chi connectivity index (χ0n) is 9.40. The molecule has 1 amide bonds. The van der Waals surface area contributed by atoms with E-state index in [4.69, 9.17) is 10.1 Å². The molecule has 5 heteroatoms. The molecule has 0 saturated heterocycles. The number of carbonyl (C=O) groups excluding carboxylic acids is 2. The van der Waals surface area contributed by atoms with Gasteiger partial charge in [0.2, 0.25) is 0 Å². The van der Waals surface area contributed by atoms with Crippen molar-refractivity contribution in [3.63, 3.8) is 0 Å². The van der Waals surface area contributed by atoms with Gasteiger partial charge in [0.25, 0.3) is 5.91 Å². The van der Waals surface area contributed by atoms with Crippen LogP contribution in [0.4, 0.5) is 0 Å². The molecular formula is C12H12N2O3. The zero-order chi connectivity index (χ0) is 12.4. The Bertz CT molecular complexity index is 461. The van der Waals surface area contributed by atoms with Crippen LogP contribution in [0, 0.1) is 5.41 Å². The van der Waals surface area contributed by atoms with E-state index < -0.39 is 5.97 Å². The zero-order valence-corrected chi connectivity index (χ0v) is 9.40. The molecule has 0 bridgehead atoms. The Labute approximate surface area is 98.5 Å². The molecule has 1 aromatic carbocycles. The fourth-order valence-electron chi connectivity index (χ4n) is 1.76. The molecule has 5 nitrogen and oxygen atoms in total. The summed E-state index contributed by atoms with van der Waals surface area (Å²) in [4.78, 5) is 24.4. The van der Waals surface area contributed by atoms with Crippen molar-refractivity contribution < 1.29 is 14.3 Å². The molecule has 1 N–H and O–H groups in total. The minimum absolute atomic E-state index is 0.0543. The fourth-order valence-corrected chi connectivity index (χ4v) is 1.76. The molecule has 1 aromatic rings. The standard InChI is InChI=1S/C12H12N2O3/c1-2-17-10(15)7-14-11(13)8-5-3-4-6-9(8)12(14)16/h3-6,13H,2,7H2,1H3. The maximum Gasteiger partial charge on any atom is 0.326 e. The van der Waals surface area contributed by atoms with Gasteiger partial charge >= 0.3 is 5.97 Å². The van der Waals surface area contributed by atoms with Gasteiger partial charge in [0.05, 0.1) is 12.2 Å². The molecule has 1 aliphatic heterocycles. The van der Waals surface area contributed by atoms with Gasteiger partial charge in [0.1, 0.15) is 12.4 Å². The van der Waals surface area contributed by atoms with Gasteiger partial charge in [-0.2, -0.15) is 0 Å². The van der Waals surface area contributed by atoms with E-state index in [0.29, 0.717) is 11.1 Å². The summed E-state index contributed by atoms with van der Waals surface area (Å²) >= 11 is 0. The molecule has 0 fully saturated rings. The highest BCUT2D eigenvalue weighted by Crippen LogP contribution is 2.21. The first-order chi connectivity index (χ1) is 8.15. The second-order valence-corrected chi connectivity index (χ2v) is 3.59. The molecular weight excluding hydrogens is 220 g/mol. The summed E-state index contributed by atoms with van der Waals surface area (Å²) in [6.45, 7) is 1.76. The van der Waals surface area contributed by atoms with Crippen LogP contribution in [0.3, 0.4) is 0 Å². The number of amidine groups is 1. The Hall–Kier alpha value is -2.17. The van der Waals surface area contributed by atoms with Crippen molar-refractivity contribution in [2.24, 2.45) is 0 Å². The number of hydrogen-bond acceptors (Lipinski definition) is 4. The quantitative estimate of drug-likeness (QED) is 0.791. The van der Waals surface area contributed by atoms with E-state index in [0.717, 1.165) is 4.90 Å². The molecule has 2 rings (SSSR count). The van der Waals surface area contributed by atoms with Gasteiger partial charge in [-0.25, -0.2) is 0 Å². The van der Waals surface area contributed by atoms with E-state index in [1.54, 1.807) is 31.2 Å². The highest BCUT2D eigenvalue weighted by atomic mass is 16.5. The van der Waals surface area contributed by atoms with E-state index in [1.807, 2.05) is 0 Å². The van der Waals surface area contributed by atoms with Crippen molar-refractivity contribution in [2.45, 2.75) is 6.92 Å². The molecule has 0 saturated carbocycles. The first kappa shape index (κ1) is 11.3. The number of benzene rings is 1. The third kappa shape index (κ3) is 1.91. The average Bonchev–Trinajstić information content (AvgIpc) is 2.56. The Morgan fingerprint density at radius 3 is 2.59 bits per heavy atom. The third-order valence-corrected chi connectivity index (χ3v) is 2.52. The summed E-state index contributed by atoms with van der Waals surface area (Å²) in [5.41, 5.74) is 1.02. The normalized spacial score (nSPS) is 13.8. The van der Waals surface area contributed by atoms with Gasteiger partial charge in [0.15, 0.2) is 0 Å². The lowest BCUT2D eigenvalue weighted by molar-refractivity contribution is -0.143. The predicted octanol–water partition coefficient (Wildman–Crippen LogP) is 1.03. The van der Waals surface area contributed by atoms with Crippen molar-refractivity contribution in [3.05, 3.63) is 35.4 Å². The van der Waals surface area contributed by atoms with Gasteiger partial charge < -0.3 is 4.74 Å². The number of hydrogen-bond donors (Lipinski definition) is 1. The number of amides is 1. The second kappa shape index (κ2) is 4.37. The molecule has 0 unspecified atom stereocenters. The van der Waals surface area contributed by atoms with Crippen LogP contribution in [-0.4, -0.2) is 35.8 Å². The first-order valence-electron chi connectivity index (χ1n) is 5.30. The summed E-state index contributed by atoms with van der Waals surface area (Å²) in [6, 6.07) is 6.84. The Morgan fingerprint density at radius 1 is 1.35 bits per heavy atom. The number of rotatable bonds is 3. The largest absolute Gasteiger partial charge is 0.465 e. The minimum atomic E-state index is -0.501. The van der Waals surface area contributed by atoms with E-state index in [-0.39, 0.29) is 24.9 Å². The Kier molecular flexibility index (Phi) is 2.91. The highest BCUT2D eigenvalue weighted by Gasteiger charge is 2.33. The Morgan fingerprint density at radius 2 is 2.00 bits per heavy atom. The topological polar surface area (TPSA) is 70.5 Å². The molecule has 0 aromatic heterocycles. The van der Waals surface area contributed by atoms with Crippen molar-refractivity contribution in [2.75, 3.05) is 13.2 Å². The summed E-state index contributed by atoms with van der Waals surface area (Å²) in [5, 5.41) is 7.84. The SMILES string of the molecule is CCOC(=O)CN1C(=N)c2ccccc2C1=O. The van der Waals surface area contributed by atoms with Crippen molar-refractivity contribution >= 4 is 17.7 Å². The molecule has 1 aliphatic rings. The highest BCUT2D eigenvalue weighted by molar-refractivity contribution is 6.23. The molecule has 0 radical (unpaired) electrons. The van der Waals surface area contributed by atoms with E-state index >= 15 is 0 Å². The number of nitrogens with zero attached hydrogens (tertiary/aromatic N) is 1. The third-order valence-electron chi connectivity index (χ3n) is 2.52. The number of esters is 1. The van der Waals surface area contributed by atoms with Crippen LogP contribution in [-0.2, 0) is 9.53 Å². The lowest BCUT2D eigenvalue weighted by Gasteiger charge is -2.14. The van der Waals surface area contributed by atoms with E-state index in [1.165, 1.54) is 0 Å². The van der Waals surface area contributed by atoms with Gasteiger partial charge in [-0.1, -0.05) is 18.2 Å². The smallest absolute Gasteiger partial charge is 0.326 e. The molecule has 17 heavy (non-hydrogen) atoms. The average molecular weight is 232 g/mol. The van der Waals surface area contributed by atoms with Crippen LogP contribution in [0.2, 0.25) is 0 Å². The monoisotopic (exact) mass is 232 g/mol. The van der Waals surface area contributed by atoms with Crippen LogP contribution in [0.5, 0.6) is 0 Å². The maximum atomic E-state index is 11.9. The van der Waals surface area contributed by atoms with Crippen LogP contribution >= 0.6 is 0 Å². The van der Waals surface area contributed by atoms with Crippen LogP contribution in [0.25, 0.3) is 0 Å². The second-order valence-electron chi connectivity index (χ2n) is 3.59. The number of ether oxygens (including phenoxy) is 1. The maximum absolute atomic E-state index is 11.9. The molecule has 1 heterocycles. The van der Waals surface area contributed by atoms with Crippen molar-refractivity contribution in [1.82, 2.24) is 4.90 Å². The molecule has 88 valence electrons. The summed E-state index contributed by atoms with van der Waals surface area (Å²) in [6.07, 6.45) is 0. The van der Waals surface area contributed by atoms with Crippen LogP contribution in [0.1, 0.15) is 22.8 Å². The van der Waals surface area contributed by atoms with Gasteiger partial charge in [-0.3, -0.25) is 19.9 Å². The summed E-state index contributed by atoms with van der Waals surface area (Å²) in [7, 11) is 0. The lowest BCUT2D eigenvalue weighted by Crippen LogP contribution is -2.35. The minimum Gasteiger partial charge on any atom is -0.465 e. The lowest BCUT2D eigenvalue weighted by atomic mass is 10.1. The number of nitrogens with one attached hydrogen (secondary N) is 1. The summed E-state index contributed by atoms with van der Waals surface area (Å²) in [5.74, 6) is -0.768. The molecule has 0 spiro atoms. The van der Waals surface area contributed by atoms with Crippen molar-refractivity contribution in [1.29, 1.82) is 5.41 Å². The van der Waals surface area contributed by atoms with E-state index in [2.05, 4.69) is 0 Å². The first-order valence-corrected chi connectivity index (χ1v) is 5.30. The van der Waals surface area contributed by atoms with Crippen molar-refractivity contribution in [3.8, 4) is 0 Å². The summed E-state index contributed by atoms with van der Waals surface area (Å²) < 4.78 is 4.77. The van der Waals surface area contributed by atoms with Gasteiger partial charge in [-0.05, 0) is 13.0 Å². The van der Waals surface area contributed by atoms with Crippen LogP contribution < -0.4 is 0 Å².